The topological polar surface area (TPSA) is 91.7 Å². The first-order valence-corrected chi connectivity index (χ1v) is 11.6. The summed E-state index contributed by atoms with van der Waals surface area (Å²) in [6.07, 6.45) is -3.44. The number of hydrogen-bond acceptors (Lipinski definition) is 6. The lowest BCUT2D eigenvalue weighted by molar-refractivity contribution is -0.154. The molecule has 0 bridgehead atoms. The molecule has 12 heteroatoms. The highest BCUT2D eigenvalue weighted by Crippen LogP contribution is 2.30. The van der Waals surface area contributed by atoms with E-state index in [1.165, 1.54) is 17.9 Å². The van der Waals surface area contributed by atoms with Gasteiger partial charge in [0.1, 0.15) is 18.1 Å². The summed E-state index contributed by atoms with van der Waals surface area (Å²) in [6, 6.07) is 15.0. The summed E-state index contributed by atoms with van der Waals surface area (Å²) in [5.74, 6) is 0.941. The van der Waals surface area contributed by atoms with Gasteiger partial charge in [0.25, 0.3) is 0 Å². The van der Waals surface area contributed by atoms with Crippen molar-refractivity contribution in [3.63, 3.8) is 0 Å². The van der Waals surface area contributed by atoms with Gasteiger partial charge >= 0.3 is 6.18 Å². The minimum absolute atomic E-state index is 0.116. The molecule has 0 spiro atoms. The van der Waals surface area contributed by atoms with E-state index in [0.717, 1.165) is 6.26 Å². The average molecular weight is 485 g/mol. The Morgan fingerprint density at radius 1 is 1.00 bits per heavy atom. The number of aromatic nitrogens is 2. The SMILES string of the molecule is COc1ccc(-n2nc(OCC(F)(F)F)cc2-c2ccc(OCCNS(C)(=O)=O)cc2)cc1. The molecule has 1 N–H and O–H groups in total. The molecule has 0 aliphatic heterocycles. The number of sulfonamides is 1. The Hall–Kier alpha value is -3.25. The molecule has 0 saturated heterocycles. The van der Waals surface area contributed by atoms with Gasteiger partial charge in [-0.1, -0.05) is 0 Å². The van der Waals surface area contributed by atoms with E-state index in [-0.39, 0.29) is 19.0 Å². The molecule has 3 rings (SSSR count). The van der Waals surface area contributed by atoms with E-state index in [4.69, 9.17) is 14.2 Å². The highest BCUT2D eigenvalue weighted by atomic mass is 32.2. The zero-order chi connectivity index (χ0) is 24.1. The van der Waals surface area contributed by atoms with Gasteiger partial charge < -0.3 is 14.2 Å². The highest BCUT2D eigenvalue weighted by Gasteiger charge is 2.29. The first-order chi connectivity index (χ1) is 15.5. The van der Waals surface area contributed by atoms with Gasteiger partial charge in [-0.15, -0.1) is 5.10 Å². The van der Waals surface area contributed by atoms with Crippen LogP contribution >= 0.6 is 0 Å². The number of rotatable bonds is 10. The molecule has 178 valence electrons. The summed E-state index contributed by atoms with van der Waals surface area (Å²) < 4.78 is 79.2. The third-order valence-corrected chi connectivity index (χ3v) is 5.00. The molecule has 3 aromatic rings. The molecule has 0 aliphatic carbocycles. The van der Waals surface area contributed by atoms with Crippen molar-refractivity contribution in [3.05, 3.63) is 54.6 Å². The molecule has 1 heterocycles. The van der Waals surface area contributed by atoms with Gasteiger partial charge in [0, 0.05) is 18.2 Å². The number of alkyl halides is 3. The molecule has 0 radical (unpaired) electrons. The Kier molecular flexibility index (Phi) is 7.49. The smallest absolute Gasteiger partial charge is 0.422 e. The van der Waals surface area contributed by atoms with Gasteiger partial charge in [-0.2, -0.15) is 13.2 Å². The van der Waals surface area contributed by atoms with Crippen LogP contribution in [0.2, 0.25) is 0 Å². The minimum atomic E-state index is -4.49. The number of benzene rings is 2. The van der Waals surface area contributed by atoms with E-state index in [0.29, 0.717) is 28.4 Å². The van der Waals surface area contributed by atoms with Gasteiger partial charge in [-0.3, -0.25) is 0 Å². The molecule has 0 saturated carbocycles. The van der Waals surface area contributed by atoms with Crippen molar-refractivity contribution < 1.29 is 35.8 Å². The number of methoxy groups -OCH3 is 1. The molecule has 0 atom stereocenters. The predicted octanol–water partition coefficient (Wildman–Crippen LogP) is 3.42. The van der Waals surface area contributed by atoms with Crippen LogP contribution < -0.4 is 18.9 Å². The average Bonchev–Trinajstić information content (AvgIpc) is 3.19. The van der Waals surface area contributed by atoms with E-state index < -0.39 is 22.8 Å². The molecule has 2 aromatic carbocycles. The van der Waals surface area contributed by atoms with Gasteiger partial charge in [0.2, 0.25) is 15.9 Å². The van der Waals surface area contributed by atoms with E-state index in [9.17, 15) is 21.6 Å². The van der Waals surface area contributed by atoms with Crippen LogP contribution in [0.5, 0.6) is 17.4 Å². The Bertz CT molecular complexity index is 1160. The molecule has 0 aliphatic rings. The second-order valence-corrected chi connectivity index (χ2v) is 8.75. The maximum Gasteiger partial charge on any atom is 0.422 e. The van der Waals surface area contributed by atoms with Crippen LogP contribution in [0, 0.1) is 0 Å². The number of halogens is 3. The van der Waals surface area contributed by atoms with Gasteiger partial charge in [-0.05, 0) is 48.5 Å². The number of hydrogen-bond donors (Lipinski definition) is 1. The quantitative estimate of drug-likeness (QED) is 0.443. The van der Waals surface area contributed by atoms with Crippen LogP contribution in [-0.2, 0) is 10.0 Å². The van der Waals surface area contributed by atoms with Gasteiger partial charge in [-0.25, -0.2) is 17.8 Å². The normalized spacial score (nSPS) is 11.9. The van der Waals surface area contributed by atoms with Gasteiger partial charge in [0.15, 0.2) is 6.61 Å². The first-order valence-electron chi connectivity index (χ1n) is 9.66. The summed E-state index contributed by atoms with van der Waals surface area (Å²) in [7, 11) is -1.77. The largest absolute Gasteiger partial charge is 0.497 e. The zero-order valence-corrected chi connectivity index (χ0v) is 18.6. The Morgan fingerprint density at radius 2 is 1.64 bits per heavy atom. The first kappa shape index (κ1) is 24.4. The molecule has 33 heavy (non-hydrogen) atoms. The summed E-state index contributed by atoms with van der Waals surface area (Å²) in [6.45, 7) is -1.21. The molecule has 0 fully saturated rings. The predicted molar refractivity (Wildman–Crippen MR) is 115 cm³/mol. The Labute approximate surface area is 188 Å². The summed E-state index contributed by atoms with van der Waals surface area (Å²) in [5.41, 5.74) is 1.75. The lowest BCUT2D eigenvalue weighted by Crippen LogP contribution is -2.26. The van der Waals surface area contributed by atoms with E-state index >= 15 is 0 Å². The minimum Gasteiger partial charge on any atom is -0.497 e. The highest BCUT2D eigenvalue weighted by molar-refractivity contribution is 7.88. The fraction of sp³-hybridized carbons (Fsp3) is 0.286. The number of ether oxygens (including phenoxy) is 3. The summed E-state index contributed by atoms with van der Waals surface area (Å²) >= 11 is 0. The fourth-order valence-electron chi connectivity index (χ4n) is 2.83. The molecular formula is C21H22F3N3O5S. The number of nitrogens with zero attached hydrogens (tertiary/aromatic N) is 2. The molecule has 8 nitrogen and oxygen atoms in total. The molecular weight excluding hydrogens is 463 g/mol. The van der Waals surface area contributed by atoms with Crippen molar-refractivity contribution in [3.8, 4) is 34.3 Å². The van der Waals surface area contributed by atoms with Crippen molar-refractivity contribution >= 4 is 10.0 Å². The lowest BCUT2D eigenvalue weighted by Gasteiger charge is -2.10. The standard InChI is InChI=1S/C21H22F3N3O5S/c1-30-17-9-5-16(6-10-17)27-19(13-20(26-27)32-14-21(22,23)24)15-3-7-18(8-4-15)31-12-11-25-33(2,28)29/h3-10,13,25H,11-12,14H2,1-2H3. The van der Waals surface area contributed by atoms with E-state index in [1.54, 1.807) is 48.5 Å². The van der Waals surface area contributed by atoms with Crippen molar-refractivity contribution in [1.82, 2.24) is 14.5 Å². The van der Waals surface area contributed by atoms with Crippen LogP contribution in [0.25, 0.3) is 16.9 Å². The monoisotopic (exact) mass is 485 g/mol. The van der Waals surface area contributed by atoms with Crippen molar-refractivity contribution in [1.29, 1.82) is 0 Å². The maximum absolute atomic E-state index is 12.6. The zero-order valence-electron chi connectivity index (χ0n) is 17.8. The van der Waals surface area contributed by atoms with Crippen LogP contribution in [0.1, 0.15) is 0 Å². The lowest BCUT2D eigenvalue weighted by atomic mass is 10.1. The molecule has 0 unspecified atom stereocenters. The van der Waals surface area contributed by atoms with Crippen molar-refractivity contribution in [2.24, 2.45) is 0 Å². The summed E-state index contributed by atoms with van der Waals surface area (Å²) in [4.78, 5) is 0. The van der Waals surface area contributed by atoms with Crippen molar-refractivity contribution in [2.45, 2.75) is 6.18 Å². The second kappa shape index (κ2) is 10.1. The van der Waals surface area contributed by atoms with Crippen LogP contribution in [0.3, 0.4) is 0 Å². The van der Waals surface area contributed by atoms with Crippen LogP contribution in [0.4, 0.5) is 13.2 Å². The van der Waals surface area contributed by atoms with Crippen LogP contribution in [-0.4, -0.2) is 57.5 Å². The Morgan fingerprint density at radius 3 is 2.21 bits per heavy atom. The fourth-order valence-corrected chi connectivity index (χ4v) is 3.28. The number of nitrogens with one attached hydrogen (secondary N) is 1. The molecule has 0 amide bonds. The van der Waals surface area contributed by atoms with Crippen LogP contribution in [0.15, 0.2) is 54.6 Å². The van der Waals surface area contributed by atoms with Gasteiger partial charge in [0.05, 0.1) is 24.7 Å². The maximum atomic E-state index is 12.6. The third-order valence-electron chi connectivity index (χ3n) is 4.27. The summed E-state index contributed by atoms with van der Waals surface area (Å²) in [5, 5.41) is 4.18. The second-order valence-electron chi connectivity index (χ2n) is 6.92. The van der Waals surface area contributed by atoms with E-state index in [2.05, 4.69) is 9.82 Å². The van der Waals surface area contributed by atoms with Crippen molar-refractivity contribution in [2.75, 3.05) is 33.1 Å². The van der Waals surface area contributed by atoms with E-state index in [1.807, 2.05) is 0 Å². The Balaban J connectivity index is 1.82. The molecule has 1 aromatic heterocycles. The third kappa shape index (κ3) is 7.39.